The van der Waals surface area contributed by atoms with Crippen molar-refractivity contribution in [3.05, 3.63) is 24.2 Å². The molecule has 0 aromatic carbocycles. The minimum absolute atomic E-state index is 0.0650. The Balaban J connectivity index is 1.61. The number of nitriles is 1. The summed E-state index contributed by atoms with van der Waals surface area (Å²) in [5.74, 6) is 0.339. The van der Waals surface area contributed by atoms with Crippen molar-refractivity contribution in [1.82, 2.24) is 14.6 Å². The molecule has 1 saturated carbocycles. The Kier molecular flexibility index (Phi) is 8.54. The minimum atomic E-state index is -2.09. The molecular weight excluding hydrogens is 502 g/mol. The van der Waals surface area contributed by atoms with Crippen LogP contribution in [0.1, 0.15) is 64.5 Å². The lowest BCUT2D eigenvalue weighted by Gasteiger charge is -2.32. The van der Waals surface area contributed by atoms with Gasteiger partial charge in [0.25, 0.3) is 0 Å². The third-order valence-electron chi connectivity index (χ3n) is 7.49. The molecule has 2 aromatic rings. The van der Waals surface area contributed by atoms with Crippen molar-refractivity contribution in [2.45, 2.75) is 96.2 Å². The Morgan fingerprint density at radius 2 is 2.03 bits per heavy atom. The number of nitrogens with one attached hydrogen (secondary N) is 1. The first-order valence-corrected chi connectivity index (χ1v) is 17.1. The molecule has 3 heterocycles. The SMILES string of the molecule is CCC(CC)C(=O)Nc1ncnn2c([C@]3(C#N)O[C@@H](COC(=O)CC4CCC4)C[C@H]3O[Si](C)(C)C)ccc12. The molecule has 0 bridgehead atoms. The third kappa shape index (κ3) is 5.92. The molecule has 2 fully saturated rings. The van der Waals surface area contributed by atoms with Crippen molar-refractivity contribution < 1.29 is 23.5 Å². The van der Waals surface area contributed by atoms with Crippen molar-refractivity contribution in [2.75, 3.05) is 11.9 Å². The van der Waals surface area contributed by atoms with Crippen LogP contribution in [0.4, 0.5) is 5.82 Å². The van der Waals surface area contributed by atoms with E-state index >= 15 is 0 Å². The van der Waals surface area contributed by atoms with E-state index in [4.69, 9.17) is 13.9 Å². The van der Waals surface area contributed by atoms with Crippen LogP contribution in [0.5, 0.6) is 0 Å². The van der Waals surface area contributed by atoms with Gasteiger partial charge >= 0.3 is 5.97 Å². The lowest BCUT2D eigenvalue weighted by Crippen LogP contribution is -2.44. The second kappa shape index (κ2) is 11.5. The number of esters is 1. The molecule has 3 atom stereocenters. The molecule has 0 radical (unpaired) electrons. The molecule has 1 N–H and O–H groups in total. The van der Waals surface area contributed by atoms with Gasteiger partial charge in [-0.1, -0.05) is 20.3 Å². The van der Waals surface area contributed by atoms with Crippen molar-refractivity contribution in [1.29, 1.82) is 5.26 Å². The Bertz CT molecular complexity index is 1200. The molecule has 1 saturated heterocycles. The van der Waals surface area contributed by atoms with E-state index in [0.29, 0.717) is 35.8 Å². The van der Waals surface area contributed by atoms with E-state index < -0.39 is 26.1 Å². The Labute approximate surface area is 225 Å². The number of ether oxygens (including phenoxy) is 2. The Morgan fingerprint density at radius 3 is 2.63 bits per heavy atom. The average Bonchev–Trinajstić information content (AvgIpc) is 3.42. The molecule has 38 heavy (non-hydrogen) atoms. The lowest BCUT2D eigenvalue weighted by molar-refractivity contribution is -0.151. The van der Waals surface area contributed by atoms with E-state index in [0.717, 1.165) is 25.7 Å². The van der Waals surface area contributed by atoms with E-state index in [1.165, 1.54) is 12.7 Å². The molecule has 0 unspecified atom stereocenters. The molecule has 2 aliphatic rings. The monoisotopic (exact) mass is 541 g/mol. The molecule has 1 aliphatic carbocycles. The van der Waals surface area contributed by atoms with Gasteiger partial charge in [0.05, 0.1) is 17.9 Å². The number of carbonyl (C=O) groups excluding carboxylic acids is 2. The predicted molar refractivity (Wildman–Crippen MR) is 144 cm³/mol. The number of rotatable bonds is 11. The second-order valence-electron chi connectivity index (χ2n) is 11.4. The van der Waals surface area contributed by atoms with Crippen molar-refractivity contribution >= 4 is 31.5 Å². The number of hydrogen-bond acceptors (Lipinski definition) is 8. The first kappa shape index (κ1) is 28.2. The Hall–Kier alpha value is -2.81. The van der Waals surface area contributed by atoms with Gasteiger partial charge in [-0.2, -0.15) is 10.4 Å². The summed E-state index contributed by atoms with van der Waals surface area (Å²) in [7, 11) is -2.09. The molecule has 11 heteroatoms. The zero-order valence-corrected chi connectivity index (χ0v) is 24.0. The molecule has 1 aliphatic heterocycles. The summed E-state index contributed by atoms with van der Waals surface area (Å²) in [5.41, 5.74) is -0.424. The Morgan fingerprint density at radius 1 is 1.29 bits per heavy atom. The van der Waals surface area contributed by atoms with Crippen molar-refractivity contribution in [2.24, 2.45) is 11.8 Å². The predicted octanol–water partition coefficient (Wildman–Crippen LogP) is 4.57. The van der Waals surface area contributed by atoms with Gasteiger partial charge in [-0.25, -0.2) is 9.50 Å². The number of anilines is 1. The lowest BCUT2D eigenvalue weighted by atomic mass is 9.83. The summed E-state index contributed by atoms with van der Waals surface area (Å²) in [6.45, 7) is 10.2. The molecule has 0 spiro atoms. The number of amides is 1. The van der Waals surface area contributed by atoms with Crippen LogP contribution in [-0.4, -0.2) is 53.6 Å². The standard InChI is InChI=1S/C27H39N5O5Si/c1-6-19(7-2)26(34)31-25-21-11-12-22(32(21)30-17-29-25)27(16-28)23(37-38(3,4)5)14-20(36-27)15-35-24(33)13-18-9-8-10-18/h11-12,17-20,23H,6-10,13-15H2,1-5H3,(H,29,30,31,34)/t20-,23-,27+/m1/s1. The van der Waals surface area contributed by atoms with Crippen LogP contribution in [0.15, 0.2) is 18.5 Å². The maximum atomic E-state index is 12.8. The fraction of sp³-hybridized carbons (Fsp3) is 0.667. The van der Waals surface area contributed by atoms with Crippen LogP contribution in [0.2, 0.25) is 19.6 Å². The second-order valence-corrected chi connectivity index (χ2v) is 15.8. The first-order chi connectivity index (χ1) is 18.1. The van der Waals surface area contributed by atoms with E-state index in [1.54, 1.807) is 16.6 Å². The first-order valence-electron chi connectivity index (χ1n) is 13.7. The summed E-state index contributed by atoms with van der Waals surface area (Å²) in [6, 6.07) is 5.92. The summed E-state index contributed by atoms with van der Waals surface area (Å²) < 4.78 is 20.0. The van der Waals surface area contributed by atoms with Gasteiger partial charge in [0.2, 0.25) is 11.5 Å². The van der Waals surface area contributed by atoms with Crippen LogP contribution in [0, 0.1) is 23.2 Å². The number of hydrogen-bond donors (Lipinski definition) is 1. The molecule has 2 aromatic heterocycles. The highest BCUT2D eigenvalue weighted by Gasteiger charge is 2.54. The van der Waals surface area contributed by atoms with E-state index in [-0.39, 0.29) is 24.4 Å². The van der Waals surface area contributed by atoms with Crippen LogP contribution >= 0.6 is 0 Å². The number of nitrogens with zero attached hydrogens (tertiary/aromatic N) is 4. The highest BCUT2D eigenvalue weighted by molar-refractivity contribution is 6.69. The van der Waals surface area contributed by atoms with E-state index in [1.807, 2.05) is 13.8 Å². The van der Waals surface area contributed by atoms with Gasteiger partial charge in [-0.15, -0.1) is 0 Å². The van der Waals surface area contributed by atoms with Crippen LogP contribution < -0.4 is 5.32 Å². The molecular formula is C27H39N5O5Si. The molecule has 4 rings (SSSR count). The number of fused-ring (bicyclic) bond motifs is 1. The smallest absolute Gasteiger partial charge is 0.306 e. The maximum Gasteiger partial charge on any atom is 0.306 e. The van der Waals surface area contributed by atoms with Crippen LogP contribution in [0.25, 0.3) is 5.52 Å². The molecule has 1 amide bonds. The highest BCUT2D eigenvalue weighted by Crippen LogP contribution is 2.43. The molecule has 206 valence electrons. The summed E-state index contributed by atoms with van der Waals surface area (Å²) in [5, 5.41) is 17.9. The fourth-order valence-corrected chi connectivity index (χ4v) is 6.32. The summed E-state index contributed by atoms with van der Waals surface area (Å²) in [4.78, 5) is 29.4. The van der Waals surface area contributed by atoms with E-state index in [9.17, 15) is 14.9 Å². The third-order valence-corrected chi connectivity index (χ3v) is 8.48. The summed E-state index contributed by atoms with van der Waals surface area (Å²) in [6.07, 6.45) is 5.88. The fourth-order valence-electron chi connectivity index (χ4n) is 5.20. The van der Waals surface area contributed by atoms with Gasteiger partial charge < -0.3 is 19.2 Å². The van der Waals surface area contributed by atoms with Gasteiger partial charge in [0.15, 0.2) is 14.1 Å². The number of aromatic nitrogens is 3. The van der Waals surface area contributed by atoms with Gasteiger partial charge in [0.1, 0.15) is 24.5 Å². The average molecular weight is 542 g/mol. The van der Waals surface area contributed by atoms with Crippen LogP contribution in [0.3, 0.4) is 0 Å². The van der Waals surface area contributed by atoms with Crippen molar-refractivity contribution in [3.63, 3.8) is 0 Å². The summed E-state index contributed by atoms with van der Waals surface area (Å²) >= 11 is 0. The quantitative estimate of drug-likeness (QED) is 0.324. The largest absolute Gasteiger partial charge is 0.463 e. The van der Waals surface area contributed by atoms with Crippen LogP contribution in [-0.2, 0) is 29.1 Å². The highest BCUT2D eigenvalue weighted by atomic mass is 28.4. The normalized spacial score (nSPS) is 23.8. The topological polar surface area (TPSA) is 128 Å². The minimum Gasteiger partial charge on any atom is -0.463 e. The maximum absolute atomic E-state index is 12.8. The zero-order chi connectivity index (χ0) is 27.5. The van der Waals surface area contributed by atoms with Gasteiger partial charge in [-0.05, 0) is 63.4 Å². The van der Waals surface area contributed by atoms with Crippen molar-refractivity contribution in [3.8, 4) is 6.07 Å². The number of carbonyl (C=O) groups is 2. The zero-order valence-electron chi connectivity index (χ0n) is 23.0. The molecule has 10 nitrogen and oxygen atoms in total. The van der Waals surface area contributed by atoms with E-state index in [2.05, 4.69) is 41.1 Å². The van der Waals surface area contributed by atoms with Gasteiger partial charge in [-0.3, -0.25) is 9.59 Å². The van der Waals surface area contributed by atoms with Gasteiger partial charge in [0, 0.05) is 18.8 Å².